The molecule has 1 aliphatic rings. The third kappa shape index (κ3) is 6.65. The summed E-state index contributed by atoms with van der Waals surface area (Å²) in [5.74, 6) is 0.165. The van der Waals surface area contributed by atoms with Gasteiger partial charge in [0.25, 0.3) is 0 Å². The van der Waals surface area contributed by atoms with Crippen molar-refractivity contribution in [1.29, 1.82) is 0 Å². The van der Waals surface area contributed by atoms with Gasteiger partial charge < -0.3 is 15.2 Å². The molecule has 3 rings (SSSR count). The number of pyridine rings is 1. The number of rotatable bonds is 8. The molecular weight excluding hydrogens is 429 g/mol. The average molecular weight is 462 g/mol. The van der Waals surface area contributed by atoms with Crippen molar-refractivity contribution in [1.82, 2.24) is 14.2 Å². The lowest BCUT2D eigenvalue weighted by Gasteiger charge is -2.37. The molecule has 0 bridgehead atoms. The van der Waals surface area contributed by atoms with Gasteiger partial charge in [-0.05, 0) is 63.4 Å². The molecule has 1 aromatic heterocycles. The zero-order chi connectivity index (χ0) is 23.1. The third-order valence-corrected chi connectivity index (χ3v) is 7.21. The second-order valence-electron chi connectivity index (χ2n) is 7.93. The number of halogens is 1. The van der Waals surface area contributed by atoms with Crippen LogP contribution < -0.4 is 10.6 Å². The van der Waals surface area contributed by atoms with Crippen LogP contribution in [0.25, 0.3) is 0 Å². The number of benzene rings is 1. The largest absolute Gasteiger partial charge is 0.598 e. The molecule has 174 valence electrons. The highest BCUT2D eigenvalue weighted by Gasteiger charge is 2.30. The van der Waals surface area contributed by atoms with Crippen molar-refractivity contribution >= 4 is 28.8 Å². The Morgan fingerprint density at radius 2 is 2.00 bits per heavy atom. The summed E-state index contributed by atoms with van der Waals surface area (Å²) in [5.41, 5.74) is 2.46. The average Bonchev–Trinajstić information content (AvgIpc) is 2.79. The fourth-order valence-electron chi connectivity index (χ4n) is 3.95. The van der Waals surface area contributed by atoms with Crippen molar-refractivity contribution in [3.05, 3.63) is 53.6 Å². The maximum atomic E-state index is 14.3. The minimum Gasteiger partial charge on any atom is -0.598 e. The van der Waals surface area contributed by atoms with Gasteiger partial charge in [-0.3, -0.25) is 9.88 Å². The highest BCUT2D eigenvalue weighted by molar-refractivity contribution is 7.89. The number of hydrogen-bond acceptors (Lipinski definition) is 5. The summed E-state index contributed by atoms with van der Waals surface area (Å²) in [4.78, 5) is 18.7. The van der Waals surface area contributed by atoms with Crippen LogP contribution in [0.4, 0.5) is 20.6 Å². The summed E-state index contributed by atoms with van der Waals surface area (Å²) in [7, 11) is 0. The molecule has 32 heavy (non-hydrogen) atoms. The molecule has 1 saturated heterocycles. The first kappa shape index (κ1) is 24.4. The number of aryl methyl sites for hydroxylation is 1. The number of carbonyl (C=O) groups excluding carboxylic acids is 1. The summed E-state index contributed by atoms with van der Waals surface area (Å²) in [6.07, 6.45) is 3.47. The summed E-state index contributed by atoms with van der Waals surface area (Å²) in [6.45, 7) is 9.11. The van der Waals surface area contributed by atoms with Gasteiger partial charge in [0.2, 0.25) is 0 Å². The van der Waals surface area contributed by atoms with Gasteiger partial charge in [0.1, 0.15) is 11.6 Å². The minimum absolute atomic E-state index is 0.144. The van der Waals surface area contributed by atoms with E-state index in [0.29, 0.717) is 24.0 Å². The van der Waals surface area contributed by atoms with Crippen LogP contribution in [0.5, 0.6) is 0 Å². The second-order valence-corrected chi connectivity index (χ2v) is 9.62. The van der Waals surface area contributed by atoms with E-state index in [1.165, 1.54) is 6.07 Å². The molecule has 1 unspecified atom stereocenters. The second kappa shape index (κ2) is 11.6. The van der Waals surface area contributed by atoms with Crippen LogP contribution in [-0.4, -0.2) is 56.2 Å². The van der Waals surface area contributed by atoms with Gasteiger partial charge in [0, 0.05) is 43.2 Å². The van der Waals surface area contributed by atoms with Crippen molar-refractivity contribution in [3.63, 3.8) is 0 Å². The molecule has 7 nitrogen and oxygen atoms in total. The Hall–Kier alpha value is -2.20. The lowest BCUT2D eigenvalue weighted by Crippen LogP contribution is -2.47. The molecular formula is C23H32FN5O2S. The SMILES string of the molecule is CCN(C1CCN(Cc2ccc(F)c(NC(=O)Nc3ccc(C)nc3)c2)CC1)[S+]([O-])CC. The molecule has 0 spiro atoms. The monoisotopic (exact) mass is 461 g/mol. The first-order valence-electron chi connectivity index (χ1n) is 11.1. The molecule has 2 heterocycles. The van der Waals surface area contributed by atoms with Gasteiger partial charge in [-0.15, -0.1) is 4.31 Å². The number of nitrogens with zero attached hydrogens (tertiary/aromatic N) is 3. The van der Waals surface area contributed by atoms with E-state index in [1.807, 2.05) is 13.8 Å². The summed E-state index contributed by atoms with van der Waals surface area (Å²) >= 11 is -0.916. The van der Waals surface area contributed by atoms with E-state index >= 15 is 0 Å². The van der Waals surface area contributed by atoms with Gasteiger partial charge in [0.05, 0.1) is 23.6 Å². The number of nitrogens with one attached hydrogen (secondary N) is 2. The molecule has 1 fully saturated rings. The Balaban J connectivity index is 1.55. The Morgan fingerprint density at radius 3 is 2.62 bits per heavy atom. The Kier molecular flexibility index (Phi) is 8.86. The summed E-state index contributed by atoms with van der Waals surface area (Å²) < 4.78 is 28.6. The van der Waals surface area contributed by atoms with Gasteiger partial charge in [-0.2, -0.15) is 0 Å². The van der Waals surface area contributed by atoms with Gasteiger partial charge in [0.15, 0.2) is 0 Å². The molecule has 0 aliphatic carbocycles. The van der Waals surface area contributed by atoms with Crippen LogP contribution >= 0.6 is 0 Å². The first-order valence-corrected chi connectivity index (χ1v) is 12.3. The summed E-state index contributed by atoms with van der Waals surface area (Å²) in [5, 5.41) is 5.25. The van der Waals surface area contributed by atoms with Crippen LogP contribution in [0.1, 0.15) is 37.9 Å². The Labute approximate surface area is 192 Å². The van der Waals surface area contributed by atoms with E-state index in [1.54, 1.807) is 30.5 Å². The predicted octanol–water partition coefficient (Wildman–Crippen LogP) is 4.14. The van der Waals surface area contributed by atoms with Crippen LogP contribution in [0.15, 0.2) is 36.5 Å². The lowest BCUT2D eigenvalue weighted by molar-refractivity contribution is 0.156. The van der Waals surface area contributed by atoms with Crippen molar-refractivity contribution in [3.8, 4) is 0 Å². The molecule has 1 aliphatic heterocycles. The van der Waals surface area contributed by atoms with Crippen molar-refractivity contribution in [2.24, 2.45) is 0 Å². The number of hydrogen-bond donors (Lipinski definition) is 2. The molecule has 2 N–H and O–H groups in total. The smallest absolute Gasteiger partial charge is 0.323 e. The molecule has 1 aromatic carbocycles. The highest BCUT2D eigenvalue weighted by atomic mass is 32.2. The number of aromatic nitrogens is 1. The van der Waals surface area contributed by atoms with Crippen molar-refractivity contribution < 1.29 is 13.7 Å². The molecule has 0 saturated carbocycles. The van der Waals surface area contributed by atoms with Crippen LogP contribution in [0.2, 0.25) is 0 Å². The van der Waals surface area contributed by atoms with Crippen LogP contribution in [0.3, 0.4) is 0 Å². The zero-order valence-electron chi connectivity index (χ0n) is 18.9. The van der Waals surface area contributed by atoms with E-state index in [2.05, 4.69) is 31.7 Å². The summed E-state index contributed by atoms with van der Waals surface area (Å²) in [6, 6.07) is 8.17. The number of piperidine rings is 1. The first-order chi connectivity index (χ1) is 15.4. The topological polar surface area (TPSA) is 83.6 Å². The van der Waals surface area contributed by atoms with Gasteiger partial charge >= 0.3 is 6.03 Å². The normalized spacial score (nSPS) is 16.2. The standard InChI is InChI=1S/C23H32FN5O2S/c1-4-29(32(31)5-2)20-10-12-28(13-11-20)16-18-7-9-21(24)22(14-18)27-23(30)26-19-8-6-17(3)25-15-19/h6-9,14-15,20H,4-5,10-13,16H2,1-3H3,(H2,26,27,30). The number of likely N-dealkylation sites (tertiary alicyclic amines) is 1. The number of urea groups is 1. The predicted molar refractivity (Wildman–Crippen MR) is 127 cm³/mol. The highest BCUT2D eigenvalue weighted by Crippen LogP contribution is 2.23. The third-order valence-electron chi connectivity index (χ3n) is 5.64. The number of amides is 2. The molecule has 1 atom stereocenters. The van der Waals surface area contributed by atoms with E-state index in [0.717, 1.165) is 43.7 Å². The maximum absolute atomic E-state index is 14.3. The lowest BCUT2D eigenvalue weighted by atomic mass is 10.0. The quantitative estimate of drug-likeness (QED) is 0.577. The molecule has 9 heteroatoms. The Morgan fingerprint density at radius 1 is 1.25 bits per heavy atom. The van der Waals surface area contributed by atoms with Crippen LogP contribution in [-0.2, 0) is 17.9 Å². The number of anilines is 2. The van der Waals surface area contributed by atoms with Crippen LogP contribution in [0, 0.1) is 12.7 Å². The van der Waals surface area contributed by atoms with E-state index in [4.69, 9.17) is 0 Å². The number of carbonyl (C=O) groups is 1. The minimum atomic E-state index is -0.916. The Bertz CT molecular complexity index is 890. The van der Waals surface area contributed by atoms with E-state index in [-0.39, 0.29) is 5.69 Å². The van der Waals surface area contributed by atoms with E-state index in [9.17, 15) is 13.7 Å². The van der Waals surface area contributed by atoms with Gasteiger partial charge in [-0.1, -0.05) is 6.07 Å². The zero-order valence-corrected chi connectivity index (χ0v) is 19.8. The molecule has 2 aromatic rings. The molecule has 2 amide bonds. The van der Waals surface area contributed by atoms with Crippen molar-refractivity contribution in [2.75, 3.05) is 36.0 Å². The molecule has 0 radical (unpaired) electrons. The maximum Gasteiger partial charge on any atom is 0.323 e. The fraction of sp³-hybridized carbons (Fsp3) is 0.478. The van der Waals surface area contributed by atoms with Gasteiger partial charge in [-0.25, -0.2) is 9.18 Å². The van der Waals surface area contributed by atoms with Crippen molar-refractivity contribution in [2.45, 2.75) is 46.2 Å². The fourth-order valence-corrected chi connectivity index (χ4v) is 5.11. The van der Waals surface area contributed by atoms with E-state index < -0.39 is 23.2 Å².